The van der Waals surface area contributed by atoms with Crippen molar-refractivity contribution in [2.24, 2.45) is 0 Å². The van der Waals surface area contributed by atoms with Gasteiger partial charge in [0.05, 0.1) is 0 Å². The molecule has 192 valence electrons. The Morgan fingerprint density at radius 1 is 0.429 bits per heavy atom. The Kier molecular flexibility index (Phi) is 3.96. The summed E-state index contributed by atoms with van der Waals surface area (Å²) in [4.78, 5) is 0. The van der Waals surface area contributed by atoms with Gasteiger partial charge in [-0.15, -0.1) is 22.7 Å². The molecule has 0 N–H and O–H groups in total. The molecule has 4 heterocycles. The van der Waals surface area contributed by atoms with E-state index in [-0.39, 0.29) is 6.71 Å². The van der Waals surface area contributed by atoms with Gasteiger partial charge in [0.15, 0.2) is 0 Å². The molecular formula is C39H21BS2. The van der Waals surface area contributed by atoms with Crippen molar-refractivity contribution in [3.63, 3.8) is 0 Å². The van der Waals surface area contributed by atoms with Crippen LogP contribution in [0.25, 0.3) is 84.1 Å². The summed E-state index contributed by atoms with van der Waals surface area (Å²) in [6.07, 6.45) is 0. The van der Waals surface area contributed by atoms with Crippen molar-refractivity contribution in [3.8, 4) is 22.3 Å². The minimum absolute atomic E-state index is 0.215. The number of aryl methyl sites for hydroxylation is 1. The summed E-state index contributed by atoms with van der Waals surface area (Å²) in [6, 6.07) is 41.9. The molecule has 2 aliphatic heterocycles. The van der Waals surface area contributed by atoms with Crippen molar-refractivity contribution < 1.29 is 0 Å². The van der Waals surface area contributed by atoms with Crippen LogP contribution in [0.4, 0.5) is 0 Å². The quantitative estimate of drug-likeness (QED) is 0.161. The summed E-state index contributed by atoms with van der Waals surface area (Å²) in [7, 11) is 0. The lowest BCUT2D eigenvalue weighted by molar-refractivity contribution is 1.48. The van der Waals surface area contributed by atoms with Gasteiger partial charge >= 0.3 is 0 Å². The largest absolute Gasteiger partial charge is 0.244 e. The first kappa shape index (κ1) is 22.2. The number of fused-ring (bicyclic) bond motifs is 12. The molecular weight excluding hydrogens is 543 g/mol. The van der Waals surface area contributed by atoms with E-state index in [1.165, 1.54) is 106 Å². The predicted molar refractivity (Wildman–Crippen MR) is 187 cm³/mol. The molecule has 0 bridgehead atoms. The monoisotopic (exact) mass is 564 g/mol. The third-order valence-corrected chi connectivity index (χ3v) is 12.1. The third kappa shape index (κ3) is 2.53. The summed E-state index contributed by atoms with van der Waals surface area (Å²) >= 11 is 3.86. The molecule has 0 nitrogen and oxygen atoms in total. The van der Waals surface area contributed by atoms with Crippen LogP contribution < -0.4 is 16.4 Å². The molecule has 0 aliphatic carbocycles. The van der Waals surface area contributed by atoms with Crippen LogP contribution in [0.1, 0.15) is 5.56 Å². The van der Waals surface area contributed by atoms with Gasteiger partial charge in [-0.2, -0.15) is 0 Å². The smallest absolute Gasteiger partial charge is 0.135 e. The van der Waals surface area contributed by atoms with E-state index in [1.54, 1.807) is 0 Å². The number of hydrogen-bond donors (Lipinski definition) is 0. The lowest BCUT2D eigenvalue weighted by atomic mass is 9.31. The number of thiophene rings is 2. The van der Waals surface area contributed by atoms with Gasteiger partial charge < -0.3 is 0 Å². The Morgan fingerprint density at radius 3 is 1.43 bits per heavy atom. The van der Waals surface area contributed by atoms with Crippen molar-refractivity contribution in [3.05, 3.63) is 115 Å². The van der Waals surface area contributed by atoms with Crippen LogP contribution in [0, 0.1) is 6.92 Å². The van der Waals surface area contributed by atoms with Crippen molar-refractivity contribution in [2.45, 2.75) is 6.92 Å². The minimum Gasteiger partial charge on any atom is -0.135 e. The van der Waals surface area contributed by atoms with Crippen LogP contribution in [0.3, 0.4) is 0 Å². The van der Waals surface area contributed by atoms with Gasteiger partial charge in [0.1, 0.15) is 0 Å². The van der Waals surface area contributed by atoms with Gasteiger partial charge in [0.25, 0.3) is 0 Å². The fourth-order valence-corrected chi connectivity index (χ4v) is 10.7. The summed E-state index contributed by atoms with van der Waals surface area (Å²) in [6.45, 7) is 2.49. The number of benzene rings is 7. The summed E-state index contributed by atoms with van der Waals surface area (Å²) in [5.74, 6) is 0. The Bertz CT molecular complexity index is 2520. The molecule has 0 saturated heterocycles. The van der Waals surface area contributed by atoms with E-state index in [9.17, 15) is 0 Å². The van der Waals surface area contributed by atoms with Crippen molar-refractivity contribution in [2.75, 3.05) is 0 Å². The second-order valence-corrected chi connectivity index (χ2v) is 14.2. The first-order valence-electron chi connectivity index (χ1n) is 14.6. The lowest BCUT2D eigenvalue weighted by Gasteiger charge is -2.34. The van der Waals surface area contributed by atoms with Gasteiger partial charge in [-0.1, -0.05) is 101 Å². The maximum absolute atomic E-state index is 2.50. The maximum atomic E-state index is 2.50. The Balaban J connectivity index is 1.37. The zero-order valence-electron chi connectivity index (χ0n) is 22.8. The highest BCUT2D eigenvalue weighted by Gasteiger charge is 2.39. The molecule has 42 heavy (non-hydrogen) atoms. The summed E-state index contributed by atoms with van der Waals surface area (Å²) in [5, 5.41) is 11.2. The zero-order chi connectivity index (χ0) is 27.3. The van der Waals surface area contributed by atoms with Crippen molar-refractivity contribution in [1.82, 2.24) is 0 Å². The van der Waals surface area contributed by atoms with Crippen LogP contribution in [0.2, 0.25) is 0 Å². The average Bonchev–Trinajstić information content (AvgIpc) is 3.59. The topological polar surface area (TPSA) is 0 Å². The highest BCUT2D eigenvalue weighted by atomic mass is 32.1. The molecule has 7 aromatic carbocycles. The predicted octanol–water partition coefficient (Wildman–Crippen LogP) is 9.51. The van der Waals surface area contributed by atoms with E-state index in [1.807, 2.05) is 22.7 Å². The Morgan fingerprint density at radius 2 is 0.905 bits per heavy atom. The van der Waals surface area contributed by atoms with Crippen molar-refractivity contribution >= 4 is 108 Å². The zero-order valence-corrected chi connectivity index (χ0v) is 24.4. The van der Waals surface area contributed by atoms with Crippen LogP contribution in [-0.2, 0) is 0 Å². The highest BCUT2D eigenvalue weighted by molar-refractivity contribution is 7.26. The van der Waals surface area contributed by atoms with E-state index >= 15 is 0 Å². The van der Waals surface area contributed by atoms with E-state index in [0.717, 1.165) is 0 Å². The number of hydrogen-bond acceptors (Lipinski definition) is 2. The van der Waals surface area contributed by atoms with Crippen LogP contribution in [-0.4, -0.2) is 6.71 Å². The molecule has 0 spiro atoms. The van der Waals surface area contributed by atoms with Crippen LogP contribution in [0.5, 0.6) is 0 Å². The first-order chi connectivity index (χ1) is 20.7. The van der Waals surface area contributed by atoms with Gasteiger partial charge in [-0.05, 0) is 80.6 Å². The molecule has 0 fully saturated rings. The van der Waals surface area contributed by atoms with Crippen molar-refractivity contribution in [1.29, 1.82) is 0 Å². The molecule has 11 rings (SSSR count). The van der Waals surface area contributed by atoms with Crippen LogP contribution >= 0.6 is 22.7 Å². The molecule has 0 unspecified atom stereocenters. The second-order valence-electron chi connectivity index (χ2n) is 12.0. The van der Waals surface area contributed by atoms with Gasteiger partial charge in [-0.25, -0.2) is 0 Å². The Hall–Kier alpha value is -4.44. The minimum atomic E-state index is 0.215. The maximum Gasteiger partial charge on any atom is 0.244 e. The molecule has 0 radical (unpaired) electrons. The first-order valence-corrected chi connectivity index (χ1v) is 16.3. The van der Waals surface area contributed by atoms with Gasteiger partial charge in [0, 0.05) is 40.3 Å². The Labute approximate surface area is 250 Å². The molecule has 0 saturated carbocycles. The highest BCUT2D eigenvalue weighted by Crippen LogP contribution is 2.47. The molecule has 0 atom stereocenters. The molecule has 9 aromatic rings. The summed E-state index contributed by atoms with van der Waals surface area (Å²) < 4.78 is 5.50. The standard InChI is InChI=1S/C39H21BS2/c1-20-16-27-25-18-33-37(21-8-2-4-14-31(21)41-33)23-10-6-12-29(35(23)25)40-30-13-7-11-24-36(30)26(28(17-20)39(27)40)19-34-38(24)22-9-3-5-15-32(22)42-34/h2-19H,1H3. The van der Waals surface area contributed by atoms with E-state index in [0.29, 0.717) is 0 Å². The van der Waals surface area contributed by atoms with Gasteiger partial charge in [-0.3, -0.25) is 0 Å². The van der Waals surface area contributed by atoms with E-state index < -0.39 is 0 Å². The molecule has 0 amide bonds. The lowest BCUT2D eigenvalue weighted by Crippen LogP contribution is -2.57. The molecule has 2 aromatic heterocycles. The fraction of sp³-hybridized carbons (Fsp3) is 0.0256. The fourth-order valence-electron chi connectivity index (χ4n) is 8.39. The van der Waals surface area contributed by atoms with Gasteiger partial charge in [0.2, 0.25) is 6.71 Å². The third-order valence-electron chi connectivity index (χ3n) is 9.88. The molecule has 3 heteroatoms. The van der Waals surface area contributed by atoms with Crippen LogP contribution in [0.15, 0.2) is 109 Å². The van der Waals surface area contributed by atoms with E-state index in [2.05, 4.69) is 116 Å². The average molecular weight is 565 g/mol. The molecule has 2 aliphatic rings. The summed E-state index contributed by atoms with van der Waals surface area (Å²) in [5.41, 5.74) is 11.3. The van der Waals surface area contributed by atoms with E-state index in [4.69, 9.17) is 0 Å². The SMILES string of the molecule is Cc1cc2c3c(c1)-c1cc4sc5ccccc5c4c4cccc(c14)B3c1cccc3c1c-2cc1sc2ccccc2c13. The second kappa shape index (κ2) is 7.49. The normalized spacial score (nSPS) is 13.3. The number of rotatable bonds is 0.